The van der Waals surface area contributed by atoms with Gasteiger partial charge in [-0.1, -0.05) is 42.1 Å². The number of hydrogen-bond acceptors (Lipinski definition) is 5. The first-order valence-corrected chi connectivity index (χ1v) is 9.00. The van der Waals surface area contributed by atoms with Crippen LogP contribution in [0, 0.1) is 0 Å². The number of benzene rings is 1. The largest absolute Gasteiger partial charge is 0.298 e. The fourth-order valence-corrected chi connectivity index (χ4v) is 4.98. The van der Waals surface area contributed by atoms with Crippen molar-refractivity contribution in [1.29, 1.82) is 0 Å². The van der Waals surface area contributed by atoms with Crippen molar-refractivity contribution in [3.05, 3.63) is 42.7 Å². The standard InChI is InChI=1S/C17H14N2OS2/c20-13-7-4-8-14(13)21-16-12-9-15(11-5-2-1-3-6-11)22-17(12)19-10-18-16/h1-3,5-6,9-10,14H,4,7-8H2. The second-order valence-corrected chi connectivity index (χ2v) is 7.56. The summed E-state index contributed by atoms with van der Waals surface area (Å²) in [4.78, 5) is 22.9. The van der Waals surface area contributed by atoms with Crippen LogP contribution in [0.15, 0.2) is 47.8 Å². The summed E-state index contributed by atoms with van der Waals surface area (Å²) in [5.74, 6) is 0.357. The van der Waals surface area contributed by atoms with Crippen LogP contribution < -0.4 is 0 Å². The highest BCUT2D eigenvalue weighted by Crippen LogP contribution is 2.39. The molecule has 1 aromatic carbocycles. The maximum absolute atomic E-state index is 11.9. The Labute approximate surface area is 136 Å². The minimum Gasteiger partial charge on any atom is -0.298 e. The van der Waals surface area contributed by atoms with Crippen LogP contribution in [-0.4, -0.2) is 21.0 Å². The number of Topliss-reactive ketones (excluding diaryl/α,β-unsaturated/α-hetero) is 1. The lowest BCUT2D eigenvalue weighted by Crippen LogP contribution is -2.08. The molecule has 1 aliphatic rings. The van der Waals surface area contributed by atoms with Crippen LogP contribution in [0.2, 0.25) is 0 Å². The van der Waals surface area contributed by atoms with E-state index in [4.69, 9.17) is 0 Å². The van der Waals surface area contributed by atoms with Crippen LogP contribution in [0.4, 0.5) is 0 Å². The van der Waals surface area contributed by atoms with E-state index in [1.165, 1.54) is 10.4 Å². The number of fused-ring (bicyclic) bond motifs is 1. The molecule has 3 nitrogen and oxygen atoms in total. The molecular formula is C17H14N2OS2. The quantitative estimate of drug-likeness (QED) is 0.661. The molecule has 0 aliphatic heterocycles. The van der Waals surface area contributed by atoms with Gasteiger partial charge in [0.1, 0.15) is 22.0 Å². The lowest BCUT2D eigenvalue weighted by molar-refractivity contribution is -0.116. The van der Waals surface area contributed by atoms with Crippen LogP contribution >= 0.6 is 23.1 Å². The van der Waals surface area contributed by atoms with Crippen LogP contribution in [0.25, 0.3) is 20.7 Å². The number of hydrogen-bond donors (Lipinski definition) is 0. The SMILES string of the molecule is O=C1CCCC1Sc1ncnc2sc(-c3ccccc3)cc12. The van der Waals surface area contributed by atoms with Gasteiger partial charge in [-0.25, -0.2) is 9.97 Å². The van der Waals surface area contributed by atoms with E-state index >= 15 is 0 Å². The third-order valence-electron chi connectivity index (χ3n) is 3.85. The van der Waals surface area contributed by atoms with Gasteiger partial charge in [-0.05, 0) is 24.5 Å². The maximum atomic E-state index is 11.9. The van der Waals surface area contributed by atoms with Crippen LogP contribution in [0.5, 0.6) is 0 Å². The molecule has 1 saturated carbocycles. The van der Waals surface area contributed by atoms with Crippen molar-refractivity contribution in [2.45, 2.75) is 29.5 Å². The van der Waals surface area contributed by atoms with Gasteiger partial charge in [0.2, 0.25) is 0 Å². The molecule has 1 fully saturated rings. The van der Waals surface area contributed by atoms with Gasteiger partial charge in [-0.2, -0.15) is 0 Å². The van der Waals surface area contributed by atoms with E-state index in [-0.39, 0.29) is 5.25 Å². The molecule has 1 aliphatic carbocycles. The molecule has 0 N–H and O–H groups in total. The van der Waals surface area contributed by atoms with Crippen molar-refractivity contribution in [3.8, 4) is 10.4 Å². The Morgan fingerprint density at radius 2 is 2.05 bits per heavy atom. The Morgan fingerprint density at radius 3 is 2.82 bits per heavy atom. The number of carbonyl (C=O) groups is 1. The molecule has 3 aromatic rings. The van der Waals surface area contributed by atoms with Crippen molar-refractivity contribution < 1.29 is 4.79 Å². The van der Waals surface area contributed by atoms with E-state index in [2.05, 4.69) is 28.2 Å². The van der Waals surface area contributed by atoms with Gasteiger partial charge in [0.15, 0.2) is 0 Å². The zero-order valence-corrected chi connectivity index (χ0v) is 13.5. The molecule has 2 heterocycles. The Bertz CT molecular complexity index is 829. The second-order valence-electron chi connectivity index (χ2n) is 5.34. The normalized spacial score (nSPS) is 18.2. The molecular weight excluding hydrogens is 312 g/mol. The van der Waals surface area contributed by atoms with E-state index in [1.54, 1.807) is 29.4 Å². The van der Waals surface area contributed by atoms with Crippen LogP contribution in [0.3, 0.4) is 0 Å². The summed E-state index contributed by atoms with van der Waals surface area (Å²) in [6, 6.07) is 12.5. The van der Waals surface area contributed by atoms with Gasteiger partial charge >= 0.3 is 0 Å². The molecule has 22 heavy (non-hydrogen) atoms. The molecule has 0 amide bonds. The summed E-state index contributed by atoms with van der Waals surface area (Å²) in [6.45, 7) is 0. The average molecular weight is 326 g/mol. The Hall–Kier alpha value is -1.72. The Morgan fingerprint density at radius 1 is 1.18 bits per heavy atom. The first-order chi connectivity index (χ1) is 10.8. The van der Waals surface area contributed by atoms with E-state index in [0.717, 1.165) is 28.1 Å². The smallest absolute Gasteiger partial charge is 0.146 e. The maximum Gasteiger partial charge on any atom is 0.146 e. The van der Waals surface area contributed by atoms with Gasteiger partial charge in [0, 0.05) is 16.7 Å². The number of aromatic nitrogens is 2. The van der Waals surface area contributed by atoms with Crippen LogP contribution in [0.1, 0.15) is 19.3 Å². The molecule has 1 atom stereocenters. The first-order valence-electron chi connectivity index (χ1n) is 7.30. The summed E-state index contributed by atoms with van der Waals surface area (Å²) < 4.78 is 0. The minimum atomic E-state index is 0.0678. The van der Waals surface area contributed by atoms with Crippen LogP contribution in [-0.2, 0) is 4.79 Å². The number of ketones is 1. The Balaban J connectivity index is 1.73. The zero-order valence-electron chi connectivity index (χ0n) is 11.9. The topological polar surface area (TPSA) is 42.9 Å². The minimum absolute atomic E-state index is 0.0678. The summed E-state index contributed by atoms with van der Waals surface area (Å²) in [7, 11) is 0. The fourth-order valence-electron chi connectivity index (χ4n) is 2.72. The van der Waals surface area contributed by atoms with Gasteiger partial charge in [0.05, 0.1) is 5.25 Å². The highest BCUT2D eigenvalue weighted by molar-refractivity contribution is 8.00. The number of carbonyl (C=O) groups excluding carboxylic acids is 1. The van der Waals surface area contributed by atoms with Gasteiger partial charge in [-0.15, -0.1) is 11.3 Å². The van der Waals surface area contributed by atoms with E-state index < -0.39 is 0 Å². The van der Waals surface area contributed by atoms with Crippen molar-refractivity contribution in [2.75, 3.05) is 0 Å². The molecule has 5 heteroatoms. The van der Waals surface area contributed by atoms with Gasteiger partial charge in [0.25, 0.3) is 0 Å². The summed E-state index contributed by atoms with van der Waals surface area (Å²) in [5.41, 5.74) is 1.19. The number of thiophene rings is 1. The van der Waals surface area contributed by atoms with E-state index in [1.807, 2.05) is 18.2 Å². The highest BCUT2D eigenvalue weighted by atomic mass is 32.2. The lowest BCUT2D eigenvalue weighted by atomic mass is 10.2. The summed E-state index contributed by atoms with van der Waals surface area (Å²) >= 11 is 3.28. The molecule has 0 radical (unpaired) electrons. The third kappa shape index (κ3) is 2.55. The average Bonchev–Trinajstić information content (AvgIpc) is 3.16. The summed E-state index contributed by atoms with van der Waals surface area (Å²) in [6.07, 6.45) is 4.29. The zero-order chi connectivity index (χ0) is 14.9. The first kappa shape index (κ1) is 13.9. The molecule has 110 valence electrons. The molecule has 2 aromatic heterocycles. The molecule has 0 bridgehead atoms. The molecule has 0 spiro atoms. The predicted octanol–water partition coefficient (Wildman–Crippen LogP) is 4.57. The second kappa shape index (κ2) is 5.82. The lowest BCUT2D eigenvalue weighted by Gasteiger charge is -2.06. The number of nitrogens with zero attached hydrogens (tertiary/aromatic N) is 2. The molecule has 0 saturated heterocycles. The van der Waals surface area contributed by atoms with E-state index in [9.17, 15) is 4.79 Å². The third-order valence-corrected chi connectivity index (χ3v) is 6.28. The number of thioether (sulfide) groups is 1. The van der Waals surface area contributed by atoms with Gasteiger partial charge < -0.3 is 0 Å². The van der Waals surface area contributed by atoms with Crippen molar-refractivity contribution in [2.24, 2.45) is 0 Å². The van der Waals surface area contributed by atoms with E-state index in [0.29, 0.717) is 12.2 Å². The van der Waals surface area contributed by atoms with Crippen molar-refractivity contribution in [3.63, 3.8) is 0 Å². The van der Waals surface area contributed by atoms with Crippen molar-refractivity contribution in [1.82, 2.24) is 9.97 Å². The van der Waals surface area contributed by atoms with Gasteiger partial charge in [-0.3, -0.25) is 4.79 Å². The Kier molecular flexibility index (Phi) is 3.68. The summed E-state index contributed by atoms with van der Waals surface area (Å²) in [5, 5.41) is 2.07. The monoisotopic (exact) mass is 326 g/mol. The predicted molar refractivity (Wildman–Crippen MR) is 91.4 cm³/mol. The van der Waals surface area contributed by atoms with Crippen molar-refractivity contribution >= 4 is 39.1 Å². The molecule has 1 unspecified atom stereocenters. The molecule has 4 rings (SSSR count). The highest BCUT2D eigenvalue weighted by Gasteiger charge is 2.26. The fraction of sp³-hybridized carbons (Fsp3) is 0.235. The number of rotatable bonds is 3.